The number of nitro groups is 1. The zero-order valence-corrected chi connectivity index (χ0v) is 14.8. The summed E-state index contributed by atoms with van der Waals surface area (Å²) < 4.78 is 0. The van der Waals surface area contributed by atoms with Crippen LogP contribution in [0.3, 0.4) is 0 Å². The Kier molecular flexibility index (Phi) is 5.76. The van der Waals surface area contributed by atoms with Crippen LogP contribution in [0.15, 0.2) is 78.9 Å². The first-order valence-corrected chi connectivity index (χ1v) is 8.51. The molecule has 7 heteroatoms. The normalized spacial score (nSPS) is 10.1. The van der Waals surface area contributed by atoms with E-state index in [4.69, 9.17) is 0 Å². The van der Waals surface area contributed by atoms with Gasteiger partial charge in [0.2, 0.25) is 5.91 Å². The number of hydrogen-bond donors (Lipinski definition) is 2. The number of hydrogen-bond acceptors (Lipinski definition) is 4. The van der Waals surface area contributed by atoms with Crippen LogP contribution in [0.1, 0.15) is 15.9 Å². The zero-order valence-electron chi connectivity index (χ0n) is 14.8. The van der Waals surface area contributed by atoms with Gasteiger partial charge in [-0.05, 0) is 35.9 Å². The first-order valence-electron chi connectivity index (χ1n) is 8.51. The molecule has 3 aromatic rings. The van der Waals surface area contributed by atoms with Gasteiger partial charge in [-0.15, -0.1) is 0 Å². The average molecular weight is 375 g/mol. The number of carbonyl (C=O) groups is 2. The molecule has 0 atom stereocenters. The van der Waals surface area contributed by atoms with E-state index < -0.39 is 10.8 Å². The molecule has 0 fully saturated rings. The second-order valence-electron chi connectivity index (χ2n) is 6.05. The average Bonchev–Trinajstić information content (AvgIpc) is 2.69. The van der Waals surface area contributed by atoms with E-state index in [0.717, 1.165) is 5.56 Å². The molecule has 28 heavy (non-hydrogen) atoms. The standard InChI is InChI=1S/C21H17N3O4/c25-20(13-15-5-2-1-3-6-15)22-17-11-9-16(10-12-17)21(26)23-18-7-4-8-19(14-18)24(27)28/h1-12,14H,13H2,(H,22,25)(H,23,26). The molecule has 2 amide bonds. The van der Waals surface area contributed by atoms with Crippen molar-refractivity contribution >= 4 is 28.9 Å². The Bertz CT molecular complexity index is 1000. The summed E-state index contributed by atoms with van der Waals surface area (Å²) in [5.41, 5.74) is 2.09. The van der Waals surface area contributed by atoms with Crippen molar-refractivity contribution < 1.29 is 14.5 Å². The van der Waals surface area contributed by atoms with Crippen molar-refractivity contribution in [3.63, 3.8) is 0 Å². The number of anilines is 2. The molecule has 0 bridgehead atoms. The smallest absolute Gasteiger partial charge is 0.271 e. The molecule has 0 spiro atoms. The summed E-state index contributed by atoms with van der Waals surface area (Å²) in [6, 6.07) is 21.5. The van der Waals surface area contributed by atoms with E-state index in [9.17, 15) is 19.7 Å². The van der Waals surface area contributed by atoms with Gasteiger partial charge >= 0.3 is 0 Å². The van der Waals surface area contributed by atoms with Crippen molar-refractivity contribution in [1.29, 1.82) is 0 Å². The topological polar surface area (TPSA) is 101 Å². The molecule has 0 heterocycles. The lowest BCUT2D eigenvalue weighted by molar-refractivity contribution is -0.384. The summed E-state index contributed by atoms with van der Waals surface area (Å²) >= 11 is 0. The first kappa shape index (κ1) is 18.8. The van der Waals surface area contributed by atoms with E-state index in [-0.39, 0.29) is 18.0 Å². The maximum absolute atomic E-state index is 12.3. The molecule has 0 saturated heterocycles. The Morgan fingerprint density at radius 2 is 1.54 bits per heavy atom. The number of carbonyl (C=O) groups excluding carboxylic acids is 2. The van der Waals surface area contributed by atoms with Crippen LogP contribution in [0.5, 0.6) is 0 Å². The van der Waals surface area contributed by atoms with Crippen molar-refractivity contribution in [2.75, 3.05) is 10.6 Å². The number of non-ortho nitro benzene ring substituents is 1. The van der Waals surface area contributed by atoms with Gasteiger partial charge in [0.1, 0.15) is 0 Å². The third-order valence-electron chi connectivity index (χ3n) is 3.95. The Labute approximate surface area is 161 Å². The first-order chi connectivity index (χ1) is 13.5. The molecule has 2 N–H and O–H groups in total. The molecule has 3 rings (SSSR count). The highest BCUT2D eigenvalue weighted by molar-refractivity contribution is 6.04. The second-order valence-corrected chi connectivity index (χ2v) is 6.05. The van der Waals surface area contributed by atoms with E-state index in [0.29, 0.717) is 16.9 Å². The Hall–Kier alpha value is -4.00. The molecule has 140 valence electrons. The molecule has 0 saturated carbocycles. The van der Waals surface area contributed by atoms with Crippen LogP contribution in [-0.4, -0.2) is 16.7 Å². The summed E-state index contributed by atoms with van der Waals surface area (Å²) in [6.45, 7) is 0. The summed E-state index contributed by atoms with van der Waals surface area (Å²) in [6.07, 6.45) is 0.260. The lowest BCUT2D eigenvalue weighted by Crippen LogP contribution is -2.15. The Morgan fingerprint density at radius 3 is 2.21 bits per heavy atom. The minimum Gasteiger partial charge on any atom is -0.326 e. The number of benzene rings is 3. The highest BCUT2D eigenvalue weighted by Gasteiger charge is 2.10. The van der Waals surface area contributed by atoms with Gasteiger partial charge in [-0.2, -0.15) is 0 Å². The maximum Gasteiger partial charge on any atom is 0.271 e. The van der Waals surface area contributed by atoms with E-state index in [1.54, 1.807) is 30.3 Å². The molecule has 0 unspecified atom stereocenters. The van der Waals surface area contributed by atoms with Crippen molar-refractivity contribution in [2.24, 2.45) is 0 Å². The van der Waals surface area contributed by atoms with Gasteiger partial charge in [0.15, 0.2) is 0 Å². The molecule has 0 radical (unpaired) electrons. The number of nitrogens with one attached hydrogen (secondary N) is 2. The minimum absolute atomic E-state index is 0.103. The zero-order chi connectivity index (χ0) is 19.9. The van der Waals surface area contributed by atoms with E-state index in [2.05, 4.69) is 10.6 Å². The quantitative estimate of drug-likeness (QED) is 0.502. The second kappa shape index (κ2) is 8.59. The van der Waals surface area contributed by atoms with Gasteiger partial charge in [0.25, 0.3) is 11.6 Å². The van der Waals surface area contributed by atoms with Crippen LogP contribution in [0.2, 0.25) is 0 Å². The Balaban J connectivity index is 1.60. The summed E-state index contributed by atoms with van der Waals surface area (Å²) in [4.78, 5) is 34.7. The van der Waals surface area contributed by atoms with Crippen molar-refractivity contribution in [2.45, 2.75) is 6.42 Å². The molecule has 0 aliphatic heterocycles. The monoisotopic (exact) mass is 375 g/mol. The van der Waals surface area contributed by atoms with Gasteiger partial charge in [-0.25, -0.2) is 0 Å². The van der Waals surface area contributed by atoms with Crippen LogP contribution in [0.4, 0.5) is 17.1 Å². The fourth-order valence-corrected chi connectivity index (χ4v) is 2.59. The highest BCUT2D eigenvalue weighted by atomic mass is 16.6. The molecule has 0 aliphatic carbocycles. The van der Waals surface area contributed by atoms with Crippen LogP contribution in [-0.2, 0) is 11.2 Å². The van der Waals surface area contributed by atoms with E-state index >= 15 is 0 Å². The number of nitro benzene ring substituents is 1. The third kappa shape index (κ3) is 5.01. The number of rotatable bonds is 6. The molecule has 0 aromatic heterocycles. The largest absolute Gasteiger partial charge is 0.326 e. The minimum atomic E-state index is -0.525. The van der Waals surface area contributed by atoms with Crippen LogP contribution >= 0.6 is 0 Å². The van der Waals surface area contributed by atoms with Crippen molar-refractivity contribution in [1.82, 2.24) is 0 Å². The van der Waals surface area contributed by atoms with E-state index in [1.807, 2.05) is 30.3 Å². The SMILES string of the molecule is O=C(Cc1ccccc1)Nc1ccc(C(=O)Nc2cccc([N+](=O)[O-])c2)cc1. The lowest BCUT2D eigenvalue weighted by atomic mass is 10.1. The van der Waals surface area contributed by atoms with Crippen LogP contribution < -0.4 is 10.6 Å². The summed E-state index contributed by atoms with van der Waals surface area (Å²) in [5.74, 6) is -0.553. The predicted octanol–water partition coefficient (Wildman–Crippen LogP) is 4.03. The number of nitrogens with zero attached hydrogens (tertiary/aromatic N) is 1. The van der Waals surface area contributed by atoms with Gasteiger partial charge in [-0.3, -0.25) is 19.7 Å². The van der Waals surface area contributed by atoms with Crippen LogP contribution in [0, 0.1) is 10.1 Å². The van der Waals surface area contributed by atoms with E-state index in [1.165, 1.54) is 18.2 Å². The molecule has 3 aromatic carbocycles. The molecule has 0 aliphatic rings. The highest BCUT2D eigenvalue weighted by Crippen LogP contribution is 2.18. The van der Waals surface area contributed by atoms with Crippen LogP contribution in [0.25, 0.3) is 0 Å². The fourth-order valence-electron chi connectivity index (χ4n) is 2.59. The molecular formula is C21H17N3O4. The van der Waals surface area contributed by atoms with Crippen molar-refractivity contribution in [3.8, 4) is 0 Å². The summed E-state index contributed by atoms with van der Waals surface area (Å²) in [5, 5.41) is 16.2. The summed E-state index contributed by atoms with van der Waals surface area (Å²) in [7, 11) is 0. The third-order valence-corrected chi connectivity index (χ3v) is 3.95. The molecule has 7 nitrogen and oxygen atoms in total. The van der Waals surface area contributed by atoms with Gasteiger partial charge in [0.05, 0.1) is 11.3 Å². The van der Waals surface area contributed by atoms with Gasteiger partial charge in [0, 0.05) is 29.1 Å². The Morgan fingerprint density at radius 1 is 0.821 bits per heavy atom. The fraction of sp³-hybridized carbons (Fsp3) is 0.0476. The predicted molar refractivity (Wildman–Crippen MR) is 106 cm³/mol. The van der Waals surface area contributed by atoms with Gasteiger partial charge < -0.3 is 10.6 Å². The number of amides is 2. The van der Waals surface area contributed by atoms with Gasteiger partial charge in [-0.1, -0.05) is 36.4 Å². The molecular weight excluding hydrogens is 358 g/mol. The van der Waals surface area contributed by atoms with Crippen molar-refractivity contribution in [3.05, 3.63) is 100 Å². The maximum atomic E-state index is 12.3. The lowest BCUT2D eigenvalue weighted by Gasteiger charge is -2.08.